The summed E-state index contributed by atoms with van der Waals surface area (Å²) < 4.78 is 79.0. The highest BCUT2D eigenvalue weighted by Gasteiger charge is 2.21. The molecular formula is C12H3BF6. The lowest BCUT2D eigenvalue weighted by atomic mass is 9.90. The first-order valence-corrected chi connectivity index (χ1v) is 4.90. The lowest BCUT2D eigenvalue weighted by Gasteiger charge is -2.09. The zero-order chi connectivity index (χ0) is 14.3. The van der Waals surface area contributed by atoms with Gasteiger partial charge in [-0.2, -0.15) is 0 Å². The van der Waals surface area contributed by atoms with Crippen LogP contribution in [0, 0.1) is 34.9 Å². The van der Waals surface area contributed by atoms with Crippen molar-refractivity contribution in [1.29, 1.82) is 0 Å². The van der Waals surface area contributed by atoms with Gasteiger partial charge in [-0.05, 0) is 6.07 Å². The van der Waals surface area contributed by atoms with Crippen LogP contribution in [0.2, 0.25) is 0 Å². The van der Waals surface area contributed by atoms with Crippen LogP contribution in [0.25, 0.3) is 11.1 Å². The molecule has 0 saturated heterocycles. The predicted molar refractivity (Wildman–Crippen MR) is 57.0 cm³/mol. The Hall–Kier alpha value is -1.92. The highest BCUT2D eigenvalue weighted by atomic mass is 19.2. The Morgan fingerprint density at radius 3 is 1.84 bits per heavy atom. The third-order valence-electron chi connectivity index (χ3n) is 2.46. The minimum absolute atomic E-state index is 0.236. The third kappa shape index (κ3) is 2.20. The summed E-state index contributed by atoms with van der Waals surface area (Å²) in [5, 5.41) is 0. The van der Waals surface area contributed by atoms with Gasteiger partial charge in [-0.3, -0.25) is 0 Å². The largest absolute Gasteiger partial charge is 0.207 e. The quantitative estimate of drug-likeness (QED) is 0.324. The van der Waals surface area contributed by atoms with Crippen LogP contribution in [-0.2, 0) is 0 Å². The molecule has 0 amide bonds. The molecule has 0 nitrogen and oxygen atoms in total. The van der Waals surface area contributed by atoms with Crippen LogP contribution in [-0.4, -0.2) is 7.85 Å². The molecule has 0 bridgehead atoms. The monoisotopic (exact) mass is 272 g/mol. The smallest absolute Gasteiger partial charge is 0.194 e. The summed E-state index contributed by atoms with van der Waals surface area (Å²) in [5.41, 5.74) is -2.56. The van der Waals surface area contributed by atoms with E-state index in [0.717, 1.165) is 0 Å². The maximum absolute atomic E-state index is 13.5. The number of hydrogen-bond acceptors (Lipinski definition) is 0. The average Bonchev–Trinajstić information content (AvgIpc) is 2.36. The minimum Gasteiger partial charge on any atom is -0.207 e. The fraction of sp³-hybridized carbons (Fsp3) is 0. The Balaban J connectivity index is 2.80. The van der Waals surface area contributed by atoms with Crippen molar-refractivity contribution in [3.05, 3.63) is 53.1 Å². The predicted octanol–water partition coefficient (Wildman–Crippen LogP) is 2.98. The van der Waals surface area contributed by atoms with E-state index in [4.69, 9.17) is 7.85 Å². The molecule has 0 saturated carbocycles. The molecule has 19 heavy (non-hydrogen) atoms. The molecule has 0 aliphatic rings. The molecule has 0 unspecified atom stereocenters. The van der Waals surface area contributed by atoms with Gasteiger partial charge in [0.25, 0.3) is 0 Å². The topological polar surface area (TPSA) is 0 Å². The molecule has 2 rings (SSSR count). The highest BCUT2D eigenvalue weighted by molar-refractivity contribution is 6.32. The Morgan fingerprint density at radius 1 is 0.632 bits per heavy atom. The molecule has 2 radical (unpaired) electrons. The van der Waals surface area contributed by atoms with Crippen molar-refractivity contribution in [2.75, 3.05) is 0 Å². The van der Waals surface area contributed by atoms with Gasteiger partial charge in [-0.1, -0.05) is 11.5 Å². The van der Waals surface area contributed by atoms with Gasteiger partial charge in [0.05, 0.1) is 0 Å². The van der Waals surface area contributed by atoms with Crippen molar-refractivity contribution in [2.24, 2.45) is 0 Å². The molecule has 96 valence electrons. The van der Waals surface area contributed by atoms with E-state index in [9.17, 15) is 26.3 Å². The summed E-state index contributed by atoms with van der Waals surface area (Å²) in [4.78, 5) is 0. The second-order valence-electron chi connectivity index (χ2n) is 3.70. The Morgan fingerprint density at radius 2 is 1.21 bits per heavy atom. The standard InChI is InChI=1S/C12H3BF6/c13-7-3-6(10(17)12(19)11(7)18)5-1-4(14)2-8(15)9(5)16/h1-3H. The lowest BCUT2D eigenvalue weighted by Crippen LogP contribution is -2.14. The highest BCUT2D eigenvalue weighted by Crippen LogP contribution is 2.29. The van der Waals surface area contributed by atoms with E-state index in [1.165, 1.54) is 0 Å². The van der Waals surface area contributed by atoms with Gasteiger partial charge in [-0.25, -0.2) is 26.3 Å². The van der Waals surface area contributed by atoms with Crippen LogP contribution in [0.3, 0.4) is 0 Å². The second-order valence-corrected chi connectivity index (χ2v) is 3.70. The lowest BCUT2D eigenvalue weighted by molar-refractivity contribution is 0.451. The van der Waals surface area contributed by atoms with Gasteiger partial charge < -0.3 is 0 Å². The van der Waals surface area contributed by atoms with Gasteiger partial charge in [0.2, 0.25) is 0 Å². The van der Waals surface area contributed by atoms with Crippen LogP contribution in [0.5, 0.6) is 0 Å². The van der Waals surface area contributed by atoms with Crippen LogP contribution < -0.4 is 5.46 Å². The normalized spacial score (nSPS) is 10.8. The van der Waals surface area contributed by atoms with Crippen molar-refractivity contribution in [3.63, 3.8) is 0 Å². The van der Waals surface area contributed by atoms with Gasteiger partial charge in [0.15, 0.2) is 29.1 Å². The maximum atomic E-state index is 13.5. The molecule has 0 spiro atoms. The van der Waals surface area contributed by atoms with E-state index in [0.29, 0.717) is 12.1 Å². The van der Waals surface area contributed by atoms with E-state index >= 15 is 0 Å². The minimum atomic E-state index is -1.95. The molecule has 0 aromatic heterocycles. The van der Waals surface area contributed by atoms with Crippen LogP contribution >= 0.6 is 0 Å². The fourth-order valence-electron chi connectivity index (χ4n) is 1.57. The zero-order valence-electron chi connectivity index (χ0n) is 9.08. The van der Waals surface area contributed by atoms with Gasteiger partial charge in [0, 0.05) is 17.2 Å². The van der Waals surface area contributed by atoms with Crippen molar-refractivity contribution in [2.45, 2.75) is 0 Å². The van der Waals surface area contributed by atoms with Gasteiger partial charge >= 0.3 is 0 Å². The first-order chi connectivity index (χ1) is 8.82. The maximum Gasteiger partial charge on any atom is 0.194 e. The SMILES string of the molecule is [B]c1cc(-c2cc(F)cc(F)c2F)c(F)c(F)c1F. The summed E-state index contributed by atoms with van der Waals surface area (Å²) >= 11 is 0. The summed E-state index contributed by atoms with van der Waals surface area (Å²) in [6.45, 7) is 0. The summed E-state index contributed by atoms with van der Waals surface area (Å²) in [6.07, 6.45) is 0. The zero-order valence-corrected chi connectivity index (χ0v) is 9.08. The molecule has 7 heteroatoms. The van der Waals surface area contributed by atoms with Crippen molar-refractivity contribution >= 4 is 13.3 Å². The molecule has 0 heterocycles. The molecular weight excluding hydrogens is 269 g/mol. The Bertz CT molecular complexity index is 668. The number of rotatable bonds is 1. The van der Waals surface area contributed by atoms with E-state index in [2.05, 4.69) is 0 Å². The van der Waals surface area contributed by atoms with E-state index < -0.39 is 51.5 Å². The van der Waals surface area contributed by atoms with E-state index in [1.807, 2.05) is 0 Å². The van der Waals surface area contributed by atoms with Crippen molar-refractivity contribution < 1.29 is 26.3 Å². The molecule has 2 aromatic carbocycles. The first kappa shape index (κ1) is 13.5. The third-order valence-corrected chi connectivity index (χ3v) is 2.46. The van der Waals surface area contributed by atoms with Crippen LogP contribution in [0.15, 0.2) is 18.2 Å². The Labute approximate surface area is 105 Å². The van der Waals surface area contributed by atoms with E-state index in [-0.39, 0.29) is 6.07 Å². The number of hydrogen-bond donors (Lipinski definition) is 0. The van der Waals surface area contributed by atoms with Crippen LogP contribution in [0.1, 0.15) is 0 Å². The summed E-state index contributed by atoms with van der Waals surface area (Å²) in [5.74, 6) is -9.76. The van der Waals surface area contributed by atoms with Crippen molar-refractivity contribution in [1.82, 2.24) is 0 Å². The van der Waals surface area contributed by atoms with Gasteiger partial charge in [0.1, 0.15) is 13.7 Å². The Kier molecular flexibility index (Phi) is 3.30. The fourth-order valence-corrected chi connectivity index (χ4v) is 1.57. The molecule has 0 aliphatic heterocycles. The molecule has 0 aliphatic carbocycles. The second kappa shape index (κ2) is 4.64. The van der Waals surface area contributed by atoms with Gasteiger partial charge in [-0.15, -0.1) is 0 Å². The summed E-state index contributed by atoms with van der Waals surface area (Å²) in [6, 6.07) is 1.25. The summed E-state index contributed by atoms with van der Waals surface area (Å²) in [7, 11) is 5.06. The van der Waals surface area contributed by atoms with Crippen LogP contribution in [0.4, 0.5) is 26.3 Å². The molecule has 0 atom stereocenters. The number of halogens is 6. The first-order valence-electron chi connectivity index (χ1n) is 4.90. The van der Waals surface area contributed by atoms with E-state index in [1.54, 1.807) is 0 Å². The molecule has 0 N–H and O–H groups in total. The molecule has 2 aromatic rings. The number of benzene rings is 2. The van der Waals surface area contributed by atoms with Crippen molar-refractivity contribution in [3.8, 4) is 11.1 Å². The average molecular weight is 272 g/mol. The molecule has 0 fully saturated rings.